The number of ether oxygens (including phenoxy) is 1. The average molecular weight is 225 g/mol. The van der Waals surface area contributed by atoms with E-state index < -0.39 is 0 Å². The van der Waals surface area contributed by atoms with Crippen LogP contribution in [0, 0.1) is 11.3 Å². The van der Waals surface area contributed by atoms with Gasteiger partial charge in [0.05, 0.1) is 6.42 Å². The van der Waals surface area contributed by atoms with Crippen LogP contribution in [-0.2, 0) is 16.0 Å². The minimum absolute atomic E-state index is 0.188. The summed E-state index contributed by atoms with van der Waals surface area (Å²) in [6.45, 7) is -0.188. The van der Waals surface area contributed by atoms with Crippen molar-refractivity contribution in [1.82, 2.24) is 0 Å². The molecule has 0 unspecified atom stereocenters. The van der Waals surface area contributed by atoms with Crippen molar-refractivity contribution in [2.24, 2.45) is 0 Å². The number of nitriles is 1. The van der Waals surface area contributed by atoms with Gasteiger partial charge in [0.2, 0.25) is 0 Å². The van der Waals surface area contributed by atoms with E-state index in [-0.39, 0.29) is 19.0 Å². The molecule has 0 heterocycles. The van der Waals surface area contributed by atoms with Gasteiger partial charge in [0.15, 0.2) is 6.61 Å². The minimum Gasteiger partial charge on any atom is -0.450 e. The maximum absolute atomic E-state index is 11.3. The van der Waals surface area contributed by atoms with Crippen molar-refractivity contribution in [3.8, 4) is 6.07 Å². The molecule has 0 aliphatic carbocycles. The Morgan fingerprint density at radius 1 is 1.18 bits per heavy atom. The van der Waals surface area contributed by atoms with E-state index in [0.717, 1.165) is 16.3 Å². The number of benzene rings is 2. The second-order valence-corrected chi connectivity index (χ2v) is 3.68. The van der Waals surface area contributed by atoms with Crippen molar-refractivity contribution in [2.45, 2.75) is 6.42 Å². The predicted molar refractivity (Wildman–Crippen MR) is 64.2 cm³/mol. The third-order valence-corrected chi connectivity index (χ3v) is 2.46. The Hall–Kier alpha value is -2.34. The fraction of sp³-hybridized carbons (Fsp3) is 0.143. The second-order valence-electron chi connectivity index (χ2n) is 3.68. The van der Waals surface area contributed by atoms with Gasteiger partial charge < -0.3 is 4.74 Å². The summed E-state index contributed by atoms with van der Waals surface area (Å²) >= 11 is 0. The van der Waals surface area contributed by atoms with Crippen molar-refractivity contribution in [3.63, 3.8) is 0 Å². The van der Waals surface area contributed by atoms with E-state index in [1.165, 1.54) is 0 Å². The van der Waals surface area contributed by atoms with Crippen molar-refractivity contribution in [1.29, 1.82) is 5.26 Å². The van der Waals surface area contributed by atoms with Gasteiger partial charge >= 0.3 is 5.97 Å². The summed E-state index contributed by atoms with van der Waals surface area (Å²) in [5.41, 5.74) is 0.895. The zero-order chi connectivity index (χ0) is 12.1. The van der Waals surface area contributed by atoms with Gasteiger partial charge in [0.1, 0.15) is 6.07 Å². The standard InChI is InChI=1S/C14H11NO2/c15-7-8-17-14(16)10-11-5-6-12-3-1-2-4-13(12)9-11/h1-6,9H,8,10H2. The molecule has 0 saturated carbocycles. The van der Waals surface area contributed by atoms with Crippen LogP contribution in [0.5, 0.6) is 0 Å². The lowest BCUT2D eigenvalue weighted by molar-refractivity contribution is -0.141. The third-order valence-electron chi connectivity index (χ3n) is 2.46. The van der Waals surface area contributed by atoms with Crippen molar-refractivity contribution in [3.05, 3.63) is 48.0 Å². The molecule has 0 spiro atoms. The molecule has 17 heavy (non-hydrogen) atoms. The number of hydrogen-bond acceptors (Lipinski definition) is 3. The maximum atomic E-state index is 11.3. The van der Waals surface area contributed by atoms with Gasteiger partial charge in [0.25, 0.3) is 0 Å². The van der Waals surface area contributed by atoms with Crippen LogP contribution < -0.4 is 0 Å². The first-order chi connectivity index (χ1) is 8.29. The van der Waals surface area contributed by atoms with Crippen LogP contribution in [0.1, 0.15) is 5.56 Å². The Bertz CT molecular complexity index is 584. The van der Waals surface area contributed by atoms with Gasteiger partial charge in [-0.2, -0.15) is 5.26 Å². The number of rotatable bonds is 3. The number of hydrogen-bond donors (Lipinski definition) is 0. The second kappa shape index (κ2) is 5.13. The lowest BCUT2D eigenvalue weighted by Crippen LogP contribution is -2.07. The number of carbonyl (C=O) groups is 1. The molecular weight excluding hydrogens is 214 g/mol. The first-order valence-corrected chi connectivity index (χ1v) is 5.30. The molecular formula is C14H11NO2. The molecule has 84 valence electrons. The lowest BCUT2D eigenvalue weighted by atomic mass is 10.1. The molecule has 0 aromatic heterocycles. The van der Waals surface area contributed by atoms with E-state index >= 15 is 0 Å². The van der Waals surface area contributed by atoms with Crippen LogP contribution in [0.25, 0.3) is 10.8 Å². The highest BCUT2D eigenvalue weighted by Gasteiger charge is 2.04. The Balaban J connectivity index is 2.14. The molecule has 2 rings (SSSR count). The van der Waals surface area contributed by atoms with Gasteiger partial charge in [-0.3, -0.25) is 4.79 Å². The van der Waals surface area contributed by atoms with Crippen molar-refractivity contribution >= 4 is 16.7 Å². The lowest BCUT2D eigenvalue weighted by Gasteiger charge is -2.03. The van der Waals surface area contributed by atoms with E-state index in [1.807, 2.05) is 42.5 Å². The quantitative estimate of drug-likeness (QED) is 0.754. The van der Waals surface area contributed by atoms with E-state index in [2.05, 4.69) is 0 Å². The number of carbonyl (C=O) groups excluding carboxylic acids is 1. The third kappa shape index (κ3) is 2.82. The molecule has 0 fully saturated rings. The van der Waals surface area contributed by atoms with Crippen LogP contribution in [0.4, 0.5) is 0 Å². The van der Waals surface area contributed by atoms with Gasteiger partial charge in [-0.15, -0.1) is 0 Å². The highest BCUT2D eigenvalue weighted by atomic mass is 16.5. The van der Waals surface area contributed by atoms with E-state index in [0.29, 0.717) is 0 Å². The molecule has 0 N–H and O–H groups in total. The fourth-order valence-corrected chi connectivity index (χ4v) is 1.68. The number of esters is 1. The summed E-state index contributed by atoms with van der Waals surface area (Å²) in [5, 5.41) is 10.5. The molecule has 3 nitrogen and oxygen atoms in total. The molecule has 0 saturated heterocycles. The molecule has 0 aliphatic heterocycles. The summed E-state index contributed by atoms with van der Waals surface area (Å²) in [5.74, 6) is -0.373. The van der Waals surface area contributed by atoms with Crippen LogP contribution in [-0.4, -0.2) is 12.6 Å². The van der Waals surface area contributed by atoms with Gasteiger partial charge in [0, 0.05) is 0 Å². The smallest absolute Gasteiger partial charge is 0.311 e. The Morgan fingerprint density at radius 2 is 1.94 bits per heavy atom. The Morgan fingerprint density at radius 3 is 2.71 bits per heavy atom. The summed E-state index contributed by atoms with van der Waals surface area (Å²) in [6.07, 6.45) is 0.201. The van der Waals surface area contributed by atoms with Crippen molar-refractivity contribution in [2.75, 3.05) is 6.61 Å². The highest BCUT2D eigenvalue weighted by Crippen LogP contribution is 2.16. The van der Waals surface area contributed by atoms with E-state index in [1.54, 1.807) is 6.07 Å². The summed E-state index contributed by atoms with van der Waals surface area (Å²) in [4.78, 5) is 11.3. The van der Waals surface area contributed by atoms with Crippen molar-refractivity contribution < 1.29 is 9.53 Å². The molecule has 3 heteroatoms. The Kier molecular flexibility index (Phi) is 3.37. The van der Waals surface area contributed by atoms with Gasteiger partial charge in [-0.25, -0.2) is 0 Å². The maximum Gasteiger partial charge on any atom is 0.311 e. The molecule has 0 atom stereocenters. The molecule has 0 radical (unpaired) electrons. The number of nitrogens with zero attached hydrogens (tertiary/aromatic N) is 1. The zero-order valence-corrected chi connectivity index (χ0v) is 9.22. The largest absolute Gasteiger partial charge is 0.450 e. The molecule has 2 aromatic carbocycles. The number of fused-ring (bicyclic) bond motifs is 1. The van der Waals surface area contributed by atoms with Crippen LogP contribution in [0.15, 0.2) is 42.5 Å². The highest BCUT2D eigenvalue weighted by molar-refractivity contribution is 5.84. The SMILES string of the molecule is N#CCOC(=O)Cc1ccc2ccccc2c1. The van der Waals surface area contributed by atoms with Crippen LogP contribution >= 0.6 is 0 Å². The first kappa shape index (κ1) is 11.2. The molecule has 0 aliphatic rings. The van der Waals surface area contributed by atoms with Crippen LogP contribution in [0.3, 0.4) is 0 Å². The normalized spacial score (nSPS) is 9.82. The van der Waals surface area contributed by atoms with E-state index in [4.69, 9.17) is 10.00 Å². The van der Waals surface area contributed by atoms with Crippen LogP contribution in [0.2, 0.25) is 0 Å². The Labute approximate surface area is 99.2 Å². The summed E-state index contributed by atoms with van der Waals surface area (Å²) in [6, 6.07) is 15.6. The van der Waals surface area contributed by atoms with Gasteiger partial charge in [-0.05, 0) is 16.3 Å². The predicted octanol–water partition coefficient (Wildman–Crippen LogP) is 2.45. The summed E-state index contributed by atoms with van der Waals surface area (Å²) < 4.78 is 4.71. The van der Waals surface area contributed by atoms with E-state index in [9.17, 15) is 4.79 Å². The monoisotopic (exact) mass is 225 g/mol. The summed E-state index contributed by atoms with van der Waals surface area (Å²) in [7, 11) is 0. The minimum atomic E-state index is -0.373. The fourth-order valence-electron chi connectivity index (χ4n) is 1.68. The zero-order valence-electron chi connectivity index (χ0n) is 9.22. The molecule has 2 aromatic rings. The molecule has 0 bridgehead atoms. The topological polar surface area (TPSA) is 50.1 Å². The molecule has 0 amide bonds. The first-order valence-electron chi connectivity index (χ1n) is 5.30. The average Bonchev–Trinajstić information content (AvgIpc) is 2.36. The van der Waals surface area contributed by atoms with Gasteiger partial charge in [-0.1, -0.05) is 42.5 Å².